The molecule has 1 fully saturated rings. The van der Waals surface area contributed by atoms with E-state index >= 15 is 0 Å². The van der Waals surface area contributed by atoms with Crippen molar-refractivity contribution < 1.29 is 13.2 Å². The molecule has 0 radical (unpaired) electrons. The van der Waals surface area contributed by atoms with Crippen LogP contribution in [0.2, 0.25) is 0 Å². The van der Waals surface area contributed by atoms with Crippen LogP contribution in [-0.2, 0) is 16.6 Å². The maximum atomic E-state index is 13.0. The van der Waals surface area contributed by atoms with Crippen molar-refractivity contribution in [2.75, 3.05) is 7.05 Å². The third kappa shape index (κ3) is 4.08. The summed E-state index contributed by atoms with van der Waals surface area (Å²) in [6, 6.07) is 14.6. The number of hydrogen-bond acceptors (Lipinski definition) is 3. The molecule has 0 aromatic heterocycles. The second-order valence-electron chi connectivity index (χ2n) is 6.39. The molecule has 2 aromatic rings. The number of benzene rings is 2. The molecule has 132 valence electrons. The van der Waals surface area contributed by atoms with Crippen LogP contribution in [0, 0.1) is 6.92 Å². The molecular formula is C19H22N2O3S. The first kappa shape index (κ1) is 17.6. The average Bonchev–Trinajstić information content (AvgIpc) is 3.46. The standard InChI is InChI=1S/C19H22N2O3S/c1-14-6-8-15(9-7-14)13-21(17-10-11-17)19(22)16-4-3-5-18(12-16)25(23,24)20-2/h3-9,12,17,20H,10-11,13H2,1-2H3. The van der Waals surface area contributed by atoms with E-state index in [1.54, 1.807) is 12.1 Å². The van der Waals surface area contributed by atoms with Crippen LogP contribution in [-0.4, -0.2) is 32.3 Å². The average molecular weight is 358 g/mol. The Balaban J connectivity index is 1.86. The first-order chi connectivity index (χ1) is 11.9. The molecule has 1 aliphatic rings. The number of hydrogen-bond donors (Lipinski definition) is 1. The number of amides is 1. The van der Waals surface area contributed by atoms with Gasteiger partial charge < -0.3 is 4.90 Å². The van der Waals surface area contributed by atoms with Crippen LogP contribution in [0.3, 0.4) is 0 Å². The third-order valence-electron chi connectivity index (χ3n) is 4.38. The van der Waals surface area contributed by atoms with Crippen LogP contribution < -0.4 is 4.72 Å². The molecule has 0 saturated heterocycles. The lowest BCUT2D eigenvalue weighted by Crippen LogP contribution is -2.32. The van der Waals surface area contributed by atoms with Crippen molar-refractivity contribution in [3.8, 4) is 0 Å². The molecule has 1 aliphatic carbocycles. The Labute approximate surface area is 148 Å². The molecule has 0 atom stereocenters. The van der Waals surface area contributed by atoms with Crippen molar-refractivity contribution in [1.29, 1.82) is 0 Å². The van der Waals surface area contributed by atoms with Gasteiger partial charge in [-0.25, -0.2) is 13.1 Å². The van der Waals surface area contributed by atoms with Gasteiger partial charge in [-0.3, -0.25) is 4.79 Å². The van der Waals surface area contributed by atoms with Gasteiger partial charge in [0.25, 0.3) is 5.91 Å². The van der Waals surface area contributed by atoms with Gasteiger partial charge in [0.1, 0.15) is 0 Å². The summed E-state index contributed by atoms with van der Waals surface area (Å²) in [7, 11) is -2.21. The highest BCUT2D eigenvalue weighted by molar-refractivity contribution is 7.89. The molecule has 5 nitrogen and oxygen atoms in total. The Morgan fingerprint density at radius 2 is 1.84 bits per heavy atom. The molecule has 3 rings (SSSR count). The molecule has 6 heteroatoms. The molecule has 0 unspecified atom stereocenters. The summed E-state index contributed by atoms with van der Waals surface area (Å²) in [5, 5.41) is 0. The number of aryl methyl sites for hydroxylation is 1. The second kappa shape index (κ2) is 6.98. The van der Waals surface area contributed by atoms with E-state index in [1.807, 2.05) is 36.1 Å². The predicted octanol–water partition coefficient (Wildman–Crippen LogP) is 2.71. The van der Waals surface area contributed by atoms with Crippen molar-refractivity contribution in [3.05, 3.63) is 65.2 Å². The largest absolute Gasteiger partial charge is 0.331 e. The van der Waals surface area contributed by atoms with E-state index in [0.29, 0.717) is 12.1 Å². The van der Waals surface area contributed by atoms with Gasteiger partial charge in [-0.05, 0) is 50.6 Å². The Morgan fingerprint density at radius 1 is 1.16 bits per heavy atom. The lowest BCUT2D eigenvalue weighted by Gasteiger charge is -2.23. The third-order valence-corrected chi connectivity index (χ3v) is 5.79. The zero-order valence-corrected chi connectivity index (χ0v) is 15.2. The summed E-state index contributed by atoms with van der Waals surface area (Å²) in [4.78, 5) is 14.9. The van der Waals surface area contributed by atoms with Crippen molar-refractivity contribution in [2.24, 2.45) is 0 Å². The molecule has 1 saturated carbocycles. The van der Waals surface area contributed by atoms with Crippen LogP contribution in [0.5, 0.6) is 0 Å². The summed E-state index contributed by atoms with van der Waals surface area (Å²) in [6.07, 6.45) is 1.98. The minimum Gasteiger partial charge on any atom is -0.331 e. The van der Waals surface area contributed by atoms with Crippen molar-refractivity contribution in [2.45, 2.75) is 37.2 Å². The minimum absolute atomic E-state index is 0.104. The van der Waals surface area contributed by atoms with Gasteiger partial charge in [-0.1, -0.05) is 35.9 Å². The number of sulfonamides is 1. The topological polar surface area (TPSA) is 66.5 Å². The van der Waals surface area contributed by atoms with E-state index in [2.05, 4.69) is 4.72 Å². The van der Waals surface area contributed by atoms with Crippen LogP contribution >= 0.6 is 0 Å². The van der Waals surface area contributed by atoms with Gasteiger partial charge in [0, 0.05) is 18.2 Å². The van der Waals surface area contributed by atoms with E-state index in [-0.39, 0.29) is 16.8 Å². The fourth-order valence-electron chi connectivity index (χ4n) is 2.72. The monoisotopic (exact) mass is 358 g/mol. The smallest absolute Gasteiger partial charge is 0.254 e. The Hall–Kier alpha value is -2.18. The normalized spacial score (nSPS) is 14.3. The van der Waals surface area contributed by atoms with E-state index in [0.717, 1.165) is 18.4 Å². The molecule has 25 heavy (non-hydrogen) atoms. The maximum absolute atomic E-state index is 13.0. The highest BCUT2D eigenvalue weighted by atomic mass is 32.2. The number of carbonyl (C=O) groups excluding carboxylic acids is 1. The maximum Gasteiger partial charge on any atom is 0.254 e. The molecular weight excluding hydrogens is 336 g/mol. The highest BCUT2D eigenvalue weighted by Gasteiger charge is 2.33. The summed E-state index contributed by atoms with van der Waals surface area (Å²) >= 11 is 0. The van der Waals surface area contributed by atoms with Gasteiger partial charge in [0.05, 0.1) is 4.90 Å². The van der Waals surface area contributed by atoms with Crippen molar-refractivity contribution in [3.63, 3.8) is 0 Å². The second-order valence-corrected chi connectivity index (χ2v) is 8.27. The molecule has 1 N–H and O–H groups in total. The number of nitrogens with zero attached hydrogens (tertiary/aromatic N) is 1. The lowest BCUT2D eigenvalue weighted by atomic mass is 10.1. The van der Waals surface area contributed by atoms with E-state index < -0.39 is 10.0 Å². The van der Waals surface area contributed by atoms with Gasteiger partial charge in [0.15, 0.2) is 0 Å². The van der Waals surface area contributed by atoms with Crippen LogP contribution in [0.15, 0.2) is 53.4 Å². The summed E-state index contributed by atoms with van der Waals surface area (Å²) in [6.45, 7) is 2.56. The lowest BCUT2D eigenvalue weighted by molar-refractivity contribution is 0.0729. The van der Waals surface area contributed by atoms with Crippen LogP contribution in [0.25, 0.3) is 0 Å². The zero-order valence-electron chi connectivity index (χ0n) is 14.4. The number of nitrogens with one attached hydrogen (secondary N) is 1. The zero-order chi connectivity index (χ0) is 18.0. The first-order valence-electron chi connectivity index (χ1n) is 8.31. The van der Waals surface area contributed by atoms with Gasteiger partial charge in [-0.15, -0.1) is 0 Å². The molecule has 0 heterocycles. The predicted molar refractivity (Wildman–Crippen MR) is 96.8 cm³/mol. The Morgan fingerprint density at radius 3 is 2.44 bits per heavy atom. The quantitative estimate of drug-likeness (QED) is 0.863. The molecule has 2 aromatic carbocycles. The SMILES string of the molecule is CNS(=O)(=O)c1cccc(C(=O)N(Cc2ccc(C)cc2)C2CC2)c1. The van der Waals surface area contributed by atoms with Crippen molar-refractivity contribution >= 4 is 15.9 Å². The molecule has 0 spiro atoms. The fraction of sp³-hybridized carbons (Fsp3) is 0.316. The van der Waals surface area contributed by atoms with E-state index in [1.165, 1.54) is 24.7 Å². The highest BCUT2D eigenvalue weighted by Crippen LogP contribution is 2.30. The summed E-state index contributed by atoms with van der Waals surface area (Å²) in [5.41, 5.74) is 2.65. The number of rotatable bonds is 6. The minimum atomic E-state index is -3.57. The van der Waals surface area contributed by atoms with E-state index in [9.17, 15) is 13.2 Å². The summed E-state index contributed by atoms with van der Waals surface area (Å²) < 4.78 is 26.2. The number of carbonyl (C=O) groups is 1. The molecule has 0 aliphatic heterocycles. The fourth-order valence-corrected chi connectivity index (χ4v) is 3.50. The van der Waals surface area contributed by atoms with Crippen LogP contribution in [0.4, 0.5) is 0 Å². The van der Waals surface area contributed by atoms with E-state index in [4.69, 9.17) is 0 Å². The van der Waals surface area contributed by atoms with Gasteiger partial charge in [0.2, 0.25) is 10.0 Å². The van der Waals surface area contributed by atoms with Gasteiger partial charge >= 0.3 is 0 Å². The Kier molecular flexibility index (Phi) is 4.92. The first-order valence-corrected chi connectivity index (χ1v) is 9.79. The Bertz CT molecular complexity index is 872. The van der Waals surface area contributed by atoms with Crippen molar-refractivity contribution in [1.82, 2.24) is 9.62 Å². The summed E-state index contributed by atoms with van der Waals surface area (Å²) in [5.74, 6) is -0.128. The molecule has 1 amide bonds. The van der Waals surface area contributed by atoms with Crippen LogP contribution in [0.1, 0.15) is 34.3 Å². The molecule has 0 bridgehead atoms. The van der Waals surface area contributed by atoms with Gasteiger partial charge in [-0.2, -0.15) is 0 Å².